The van der Waals surface area contributed by atoms with Crippen molar-refractivity contribution in [2.75, 3.05) is 26.2 Å². The third-order valence-electron chi connectivity index (χ3n) is 3.45. The van der Waals surface area contributed by atoms with Gasteiger partial charge in [0.05, 0.1) is 18.8 Å². The fourth-order valence-corrected chi connectivity index (χ4v) is 2.98. The highest BCUT2D eigenvalue weighted by atomic mass is 127. The molecule has 0 unspecified atom stereocenters. The van der Waals surface area contributed by atoms with E-state index >= 15 is 0 Å². The molecule has 1 aromatic carbocycles. The van der Waals surface area contributed by atoms with Crippen molar-refractivity contribution in [3.63, 3.8) is 0 Å². The minimum atomic E-state index is 0.363. The van der Waals surface area contributed by atoms with Crippen molar-refractivity contribution < 1.29 is 9.47 Å². The number of hydrogen-bond donors (Lipinski definition) is 0. The topological polar surface area (TPSA) is 21.7 Å². The van der Waals surface area contributed by atoms with E-state index < -0.39 is 0 Å². The fourth-order valence-electron chi connectivity index (χ4n) is 2.63. The Morgan fingerprint density at radius 3 is 2.45 bits per heavy atom. The lowest BCUT2D eigenvalue weighted by molar-refractivity contribution is -0.0682. The number of nitrogens with zero attached hydrogens (tertiary/aromatic N) is 1. The van der Waals surface area contributed by atoms with Crippen LogP contribution in [0.15, 0.2) is 24.3 Å². The molecule has 112 valence electrons. The lowest BCUT2D eigenvalue weighted by Crippen LogP contribution is -2.45. The summed E-state index contributed by atoms with van der Waals surface area (Å²) >= 11 is 2.30. The van der Waals surface area contributed by atoms with Gasteiger partial charge in [-0.25, -0.2) is 0 Å². The van der Waals surface area contributed by atoms with Crippen molar-refractivity contribution in [1.29, 1.82) is 0 Å². The van der Waals surface area contributed by atoms with Crippen LogP contribution in [0.25, 0.3) is 0 Å². The van der Waals surface area contributed by atoms with Gasteiger partial charge in [-0.05, 0) is 80.1 Å². The van der Waals surface area contributed by atoms with Crippen LogP contribution in [0.5, 0.6) is 5.75 Å². The zero-order valence-corrected chi connectivity index (χ0v) is 14.5. The summed E-state index contributed by atoms with van der Waals surface area (Å²) < 4.78 is 12.7. The number of morpholine rings is 1. The van der Waals surface area contributed by atoms with Gasteiger partial charge in [-0.1, -0.05) is 0 Å². The average Bonchev–Trinajstić information content (AvgIpc) is 2.39. The molecule has 0 spiro atoms. The van der Waals surface area contributed by atoms with Gasteiger partial charge in [0.15, 0.2) is 0 Å². The first-order valence-electron chi connectivity index (χ1n) is 7.39. The molecule has 0 bridgehead atoms. The largest absolute Gasteiger partial charge is 0.494 e. The average molecular weight is 389 g/mol. The molecule has 1 aliphatic heterocycles. The van der Waals surface area contributed by atoms with E-state index in [1.165, 1.54) is 9.99 Å². The first kappa shape index (κ1) is 16.0. The third kappa shape index (κ3) is 5.58. The zero-order valence-electron chi connectivity index (χ0n) is 12.3. The molecule has 0 aromatic heterocycles. The van der Waals surface area contributed by atoms with Gasteiger partial charge in [0.1, 0.15) is 5.75 Å². The summed E-state index contributed by atoms with van der Waals surface area (Å²) in [7, 11) is 0. The second-order valence-corrected chi connectivity index (χ2v) is 6.77. The summed E-state index contributed by atoms with van der Waals surface area (Å²) in [5.74, 6) is 0.971. The van der Waals surface area contributed by atoms with Crippen LogP contribution in [0.4, 0.5) is 0 Å². The minimum Gasteiger partial charge on any atom is -0.494 e. The monoisotopic (exact) mass is 389 g/mol. The van der Waals surface area contributed by atoms with Crippen LogP contribution in [0.1, 0.15) is 26.7 Å². The number of benzene rings is 1. The van der Waals surface area contributed by atoms with E-state index in [-0.39, 0.29) is 0 Å². The van der Waals surface area contributed by atoms with Crippen molar-refractivity contribution in [2.45, 2.75) is 38.9 Å². The summed E-state index contributed by atoms with van der Waals surface area (Å²) in [6, 6.07) is 8.22. The Morgan fingerprint density at radius 1 is 1.15 bits per heavy atom. The van der Waals surface area contributed by atoms with Gasteiger partial charge in [0.25, 0.3) is 0 Å². The van der Waals surface area contributed by atoms with E-state index in [1.807, 2.05) is 12.1 Å². The van der Waals surface area contributed by atoms with Crippen LogP contribution < -0.4 is 4.74 Å². The second kappa shape index (κ2) is 8.20. The Balaban J connectivity index is 1.58. The standard InChI is InChI=1S/C16H24INO2/c1-13-11-18(12-14(2)20-13)9-3-4-10-19-16-7-5-15(17)6-8-16/h5-8,13-14H,3-4,9-12H2,1-2H3/t13-,14-/m1/s1. The van der Waals surface area contributed by atoms with Crippen LogP contribution in [0.3, 0.4) is 0 Å². The van der Waals surface area contributed by atoms with Gasteiger partial charge in [-0.15, -0.1) is 0 Å². The summed E-state index contributed by atoms with van der Waals surface area (Å²) in [5, 5.41) is 0. The van der Waals surface area contributed by atoms with Crippen LogP contribution in [0, 0.1) is 3.57 Å². The quantitative estimate of drug-likeness (QED) is 0.549. The number of rotatable bonds is 6. The molecule has 0 radical (unpaired) electrons. The molecule has 0 N–H and O–H groups in total. The number of hydrogen-bond acceptors (Lipinski definition) is 3. The Hall–Kier alpha value is -0.330. The molecule has 3 nitrogen and oxygen atoms in total. The molecule has 1 aliphatic rings. The van der Waals surface area contributed by atoms with E-state index in [0.29, 0.717) is 12.2 Å². The predicted molar refractivity (Wildman–Crippen MR) is 90.3 cm³/mol. The Labute approximate surface area is 135 Å². The molecule has 0 amide bonds. The van der Waals surface area contributed by atoms with Gasteiger partial charge in [-0.2, -0.15) is 0 Å². The highest BCUT2D eigenvalue weighted by molar-refractivity contribution is 14.1. The number of unbranched alkanes of at least 4 members (excludes halogenated alkanes) is 1. The maximum absolute atomic E-state index is 5.75. The molecule has 2 atom stereocenters. The zero-order chi connectivity index (χ0) is 14.4. The Morgan fingerprint density at radius 2 is 1.80 bits per heavy atom. The van der Waals surface area contributed by atoms with Gasteiger partial charge in [-0.3, -0.25) is 4.90 Å². The summed E-state index contributed by atoms with van der Waals surface area (Å²) in [4.78, 5) is 2.50. The second-order valence-electron chi connectivity index (χ2n) is 5.53. The molecule has 1 saturated heterocycles. The first-order chi connectivity index (χ1) is 9.63. The predicted octanol–water partition coefficient (Wildman–Crippen LogP) is 3.56. The van der Waals surface area contributed by atoms with Gasteiger partial charge < -0.3 is 9.47 Å². The lowest BCUT2D eigenvalue weighted by atomic mass is 10.2. The van der Waals surface area contributed by atoms with Crippen molar-refractivity contribution in [2.24, 2.45) is 0 Å². The molecule has 1 aromatic rings. The van der Waals surface area contributed by atoms with Crippen LogP contribution in [0.2, 0.25) is 0 Å². The molecule has 0 aliphatic carbocycles. The van der Waals surface area contributed by atoms with Crippen molar-refractivity contribution in [1.82, 2.24) is 4.90 Å². The van der Waals surface area contributed by atoms with E-state index in [4.69, 9.17) is 9.47 Å². The molecule has 20 heavy (non-hydrogen) atoms. The minimum absolute atomic E-state index is 0.363. The Bertz CT molecular complexity index is 386. The summed E-state index contributed by atoms with van der Waals surface area (Å²) in [6.45, 7) is 8.37. The van der Waals surface area contributed by atoms with E-state index in [1.54, 1.807) is 0 Å². The molecular formula is C16H24INO2. The lowest BCUT2D eigenvalue weighted by Gasteiger charge is -2.35. The van der Waals surface area contributed by atoms with Crippen molar-refractivity contribution in [3.05, 3.63) is 27.8 Å². The van der Waals surface area contributed by atoms with Crippen molar-refractivity contribution in [3.8, 4) is 5.75 Å². The molecule has 0 saturated carbocycles. The molecule has 2 rings (SSSR count). The van der Waals surface area contributed by atoms with Gasteiger partial charge in [0, 0.05) is 16.7 Å². The number of halogens is 1. The van der Waals surface area contributed by atoms with Crippen LogP contribution in [-0.2, 0) is 4.74 Å². The maximum atomic E-state index is 5.75. The molecular weight excluding hydrogens is 365 g/mol. The van der Waals surface area contributed by atoms with E-state index in [2.05, 4.69) is 53.5 Å². The van der Waals surface area contributed by atoms with E-state index in [9.17, 15) is 0 Å². The molecule has 1 heterocycles. The summed E-state index contributed by atoms with van der Waals surface area (Å²) in [5.41, 5.74) is 0. The van der Waals surface area contributed by atoms with Gasteiger partial charge >= 0.3 is 0 Å². The maximum Gasteiger partial charge on any atom is 0.119 e. The highest BCUT2D eigenvalue weighted by Crippen LogP contribution is 2.14. The molecule has 1 fully saturated rings. The molecule has 4 heteroatoms. The normalized spacial score (nSPS) is 23.8. The smallest absolute Gasteiger partial charge is 0.119 e. The van der Waals surface area contributed by atoms with Crippen molar-refractivity contribution >= 4 is 22.6 Å². The summed E-state index contributed by atoms with van der Waals surface area (Å²) in [6.07, 6.45) is 3.01. The highest BCUT2D eigenvalue weighted by Gasteiger charge is 2.21. The fraction of sp³-hybridized carbons (Fsp3) is 0.625. The third-order valence-corrected chi connectivity index (χ3v) is 4.17. The van der Waals surface area contributed by atoms with E-state index in [0.717, 1.165) is 38.4 Å². The first-order valence-corrected chi connectivity index (χ1v) is 8.47. The Kier molecular flexibility index (Phi) is 6.58. The van der Waals surface area contributed by atoms with Crippen LogP contribution >= 0.6 is 22.6 Å². The number of ether oxygens (including phenoxy) is 2. The SMILES string of the molecule is C[C@@H]1CN(CCCCOc2ccc(I)cc2)C[C@@H](C)O1. The van der Waals surface area contributed by atoms with Gasteiger partial charge in [0.2, 0.25) is 0 Å². The van der Waals surface area contributed by atoms with Crippen LogP contribution in [-0.4, -0.2) is 43.3 Å².